The molecule has 0 radical (unpaired) electrons. The Morgan fingerprint density at radius 1 is 1.20 bits per heavy atom. The molecule has 2 rings (SSSR count). The van der Waals surface area contributed by atoms with E-state index in [-0.39, 0.29) is 25.0 Å². The molecule has 8 heteroatoms. The van der Waals surface area contributed by atoms with Crippen LogP contribution in [-0.4, -0.2) is 49.7 Å². The van der Waals surface area contributed by atoms with Gasteiger partial charge in [0.25, 0.3) is 0 Å². The van der Waals surface area contributed by atoms with Gasteiger partial charge in [-0.1, -0.05) is 30.3 Å². The van der Waals surface area contributed by atoms with Gasteiger partial charge in [-0.25, -0.2) is 4.79 Å². The first-order valence-electron chi connectivity index (χ1n) is 8.19. The van der Waals surface area contributed by atoms with Gasteiger partial charge in [0.1, 0.15) is 6.61 Å². The van der Waals surface area contributed by atoms with Crippen LogP contribution in [0.3, 0.4) is 0 Å². The number of carbonyl (C=O) groups is 2. The second-order valence-corrected chi connectivity index (χ2v) is 8.21. The predicted octanol–water partition coefficient (Wildman–Crippen LogP) is 3.23. The van der Waals surface area contributed by atoms with E-state index in [1.165, 1.54) is 19.1 Å². The predicted molar refractivity (Wildman–Crippen MR) is 92.5 cm³/mol. The van der Waals surface area contributed by atoms with Gasteiger partial charge in [0.15, 0.2) is 5.78 Å². The maximum absolute atomic E-state index is 12.4. The molecule has 0 bridgehead atoms. The molecule has 0 unspecified atom stereocenters. The first-order valence-corrected chi connectivity index (χ1v) is 9.92. The standard InChI is InChI=1S/C17H24NO6P/c1-22-25(21,23-2)12-10-16(19)15-9-6-11-18(15)17(20)24-13-14-7-4-3-5-8-14/h3-5,7-8,15H,6,9-13H2,1-2H3/t15-/m0/s1. The van der Waals surface area contributed by atoms with Crippen molar-refractivity contribution in [1.82, 2.24) is 4.90 Å². The number of Topliss-reactive ketones (excluding diaryl/α,β-unsaturated/α-hetero) is 1. The summed E-state index contributed by atoms with van der Waals surface area (Å²) in [6.45, 7) is 0.649. The van der Waals surface area contributed by atoms with Gasteiger partial charge < -0.3 is 13.8 Å². The number of nitrogens with zero attached hydrogens (tertiary/aromatic N) is 1. The van der Waals surface area contributed by atoms with Gasteiger partial charge in [-0.2, -0.15) is 0 Å². The van der Waals surface area contributed by atoms with Crippen molar-refractivity contribution in [2.75, 3.05) is 26.9 Å². The Labute approximate surface area is 147 Å². The molecule has 1 saturated heterocycles. The van der Waals surface area contributed by atoms with E-state index in [0.717, 1.165) is 12.0 Å². The van der Waals surface area contributed by atoms with Crippen molar-refractivity contribution in [1.29, 1.82) is 0 Å². The van der Waals surface area contributed by atoms with Gasteiger partial charge in [-0.3, -0.25) is 14.3 Å². The lowest BCUT2D eigenvalue weighted by atomic mass is 10.1. The first kappa shape index (κ1) is 19.6. The quantitative estimate of drug-likeness (QED) is 0.655. The average molecular weight is 369 g/mol. The highest BCUT2D eigenvalue weighted by molar-refractivity contribution is 7.53. The molecule has 0 spiro atoms. The molecule has 25 heavy (non-hydrogen) atoms. The van der Waals surface area contributed by atoms with Crippen LogP contribution in [0.5, 0.6) is 0 Å². The fourth-order valence-electron chi connectivity index (χ4n) is 2.79. The summed E-state index contributed by atoms with van der Waals surface area (Å²) in [5.41, 5.74) is 0.888. The summed E-state index contributed by atoms with van der Waals surface area (Å²) < 4.78 is 27.0. The number of amides is 1. The molecule has 1 fully saturated rings. The van der Waals surface area contributed by atoms with E-state index in [4.69, 9.17) is 13.8 Å². The van der Waals surface area contributed by atoms with Crippen LogP contribution < -0.4 is 0 Å². The number of ether oxygens (including phenoxy) is 1. The van der Waals surface area contributed by atoms with E-state index < -0.39 is 19.7 Å². The smallest absolute Gasteiger partial charge is 0.410 e. The zero-order valence-corrected chi connectivity index (χ0v) is 15.4. The van der Waals surface area contributed by atoms with Crippen LogP contribution in [0.2, 0.25) is 0 Å². The van der Waals surface area contributed by atoms with E-state index in [2.05, 4.69) is 0 Å². The van der Waals surface area contributed by atoms with Gasteiger partial charge in [0.05, 0.1) is 12.2 Å². The van der Waals surface area contributed by atoms with Crippen LogP contribution in [-0.2, 0) is 29.8 Å². The maximum atomic E-state index is 12.4. The SMILES string of the molecule is COP(=O)(CCC(=O)[C@@H]1CCCN1C(=O)OCc1ccccc1)OC. The number of hydrogen-bond donors (Lipinski definition) is 0. The summed E-state index contributed by atoms with van der Waals surface area (Å²) >= 11 is 0. The fraction of sp³-hybridized carbons (Fsp3) is 0.529. The molecule has 0 aliphatic carbocycles. The largest absolute Gasteiger partial charge is 0.445 e. The Morgan fingerprint density at radius 3 is 2.52 bits per heavy atom. The van der Waals surface area contributed by atoms with Gasteiger partial charge in [0, 0.05) is 27.2 Å². The number of hydrogen-bond acceptors (Lipinski definition) is 6. The van der Waals surface area contributed by atoms with Crippen molar-refractivity contribution in [3.63, 3.8) is 0 Å². The van der Waals surface area contributed by atoms with Crippen LogP contribution in [0.1, 0.15) is 24.8 Å². The highest BCUT2D eigenvalue weighted by Gasteiger charge is 2.36. The highest BCUT2D eigenvalue weighted by Crippen LogP contribution is 2.47. The molecule has 0 aromatic heterocycles. The third-order valence-electron chi connectivity index (χ3n) is 4.25. The van der Waals surface area contributed by atoms with Crippen molar-refractivity contribution < 1.29 is 27.9 Å². The number of ketones is 1. The van der Waals surface area contributed by atoms with E-state index in [1.54, 1.807) is 0 Å². The lowest BCUT2D eigenvalue weighted by molar-refractivity contribution is -0.122. The van der Waals surface area contributed by atoms with Crippen molar-refractivity contribution in [3.05, 3.63) is 35.9 Å². The molecule has 138 valence electrons. The molecule has 7 nitrogen and oxygen atoms in total. The zero-order valence-electron chi connectivity index (χ0n) is 14.6. The second-order valence-electron chi connectivity index (χ2n) is 5.81. The van der Waals surface area contributed by atoms with Crippen molar-refractivity contribution in [3.8, 4) is 0 Å². The van der Waals surface area contributed by atoms with Crippen molar-refractivity contribution in [2.45, 2.75) is 31.9 Å². The van der Waals surface area contributed by atoms with Crippen LogP contribution in [0.25, 0.3) is 0 Å². The number of likely N-dealkylation sites (tertiary alicyclic amines) is 1. The molecule has 1 amide bonds. The van der Waals surface area contributed by atoms with E-state index >= 15 is 0 Å². The summed E-state index contributed by atoms with van der Waals surface area (Å²) in [6, 6.07) is 8.83. The minimum absolute atomic E-state index is 0.00222. The van der Waals surface area contributed by atoms with Gasteiger partial charge in [-0.15, -0.1) is 0 Å². The van der Waals surface area contributed by atoms with Gasteiger partial charge in [0.2, 0.25) is 0 Å². The zero-order chi connectivity index (χ0) is 18.3. The number of benzene rings is 1. The minimum Gasteiger partial charge on any atom is -0.445 e. The highest BCUT2D eigenvalue weighted by atomic mass is 31.2. The average Bonchev–Trinajstić information content (AvgIpc) is 3.14. The van der Waals surface area contributed by atoms with E-state index in [0.29, 0.717) is 13.0 Å². The molecule has 1 aliphatic heterocycles. The van der Waals surface area contributed by atoms with Crippen LogP contribution in [0, 0.1) is 0 Å². The maximum Gasteiger partial charge on any atom is 0.410 e. The second kappa shape index (κ2) is 9.13. The first-order chi connectivity index (χ1) is 12.0. The Kier molecular flexibility index (Phi) is 7.17. The topological polar surface area (TPSA) is 82.1 Å². The summed E-state index contributed by atoms with van der Waals surface area (Å²) in [5.74, 6) is -0.150. The van der Waals surface area contributed by atoms with Gasteiger partial charge in [-0.05, 0) is 18.4 Å². The number of carbonyl (C=O) groups excluding carboxylic acids is 2. The molecular formula is C17H24NO6P. The van der Waals surface area contributed by atoms with Crippen molar-refractivity contribution >= 4 is 19.5 Å². The van der Waals surface area contributed by atoms with Crippen LogP contribution >= 0.6 is 7.60 Å². The van der Waals surface area contributed by atoms with Crippen molar-refractivity contribution in [2.24, 2.45) is 0 Å². The van der Waals surface area contributed by atoms with E-state index in [9.17, 15) is 14.2 Å². The normalized spacial score (nSPS) is 17.5. The van der Waals surface area contributed by atoms with Gasteiger partial charge >= 0.3 is 13.7 Å². The Morgan fingerprint density at radius 2 is 1.88 bits per heavy atom. The van der Waals surface area contributed by atoms with Crippen LogP contribution in [0.15, 0.2) is 30.3 Å². The molecule has 1 atom stereocenters. The summed E-state index contributed by atoms with van der Waals surface area (Å²) in [4.78, 5) is 26.2. The Bertz CT molecular complexity index is 627. The Balaban J connectivity index is 1.89. The summed E-state index contributed by atoms with van der Waals surface area (Å²) in [5, 5.41) is 0. The lowest BCUT2D eigenvalue weighted by Gasteiger charge is -2.23. The summed E-state index contributed by atoms with van der Waals surface area (Å²) in [6.07, 6.45) is 0.863. The van der Waals surface area contributed by atoms with E-state index in [1.807, 2.05) is 30.3 Å². The minimum atomic E-state index is -3.23. The molecule has 0 saturated carbocycles. The lowest BCUT2D eigenvalue weighted by Crippen LogP contribution is -2.41. The molecule has 1 aliphatic rings. The molecule has 1 aromatic rings. The molecule has 1 aromatic carbocycles. The monoisotopic (exact) mass is 369 g/mol. The Hall–Kier alpha value is -1.69. The molecule has 1 heterocycles. The van der Waals surface area contributed by atoms with Crippen LogP contribution in [0.4, 0.5) is 4.79 Å². The number of rotatable bonds is 8. The third-order valence-corrected chi connectivity index (χ3v) is 6.14. The summed E-state index contributed by atoms with van der Waals surface area (Å²) in [7, 11) is -0.649. The molecular weight excluding hydrogens is 345 g/mol. The fourth-order valence-corrected chi connectivity index (χ4v) is 3.80. The molecule has 0 N–H and O–H groups in total. The third kappa shape index (κ3) is 5.39.